The lowest BCUT2D eigenvalue weighted by atomic mass is 10.4. The molecule has 0 amide bonds. The van der Waals surface area contributed by atoms with Gasteiger partial charge in [0.15, 0.2) is 0 Å². The monoisotopic (exact) mass is 390 g/mol. The fourth-order valence-corrected chi connectivity index (χ4v) is 11.9. The van der Waals surface area contributed by atoms with Gasteiger partial charge in [-0.05, 0) is 17.8 Å². The first-order chi connectivity index (χ1) is 11.3. The van der Waals surface area contributed by atoms with Crippen LogP contribution in [0.2, 0.25) is 25.2 Å². The highest BCUT2D eigenvalue weighted by molar-refractivity contribution is 6.86. The molecule has 1 unspecified atom stereocenters. The maximum atomic E-state index is 6.15. The van der Waals surface area contributed by atoms with Gasteiger partial charge in [-0.2, -0.15) is 0 Å². The van der Waals surface area contributed by atoms with E-state index in [1.165, 1.54) is 5.19 Å². The Morgan fingerprint density at radius 1 is 0.708 bits per heavy atom. The van der Waals surface area contributed by atoms with Crippen molar-refractivity contribution in [3.63, 3.8) is 0 Å². The lowest BCUT2D eigenvalue weighted by molar-refractivity contribution is 0.0921. The van der Waals surface area contributed by atoms with E-state index in [4.69, 9.17) is 26.2 Å². The molecule has 138 valence electrons. The minimum atomic E-state index is -2.91. The smallest absolute Gasteiger partial charge is 0.416 e. The predicted molar refractivity (Wildman–Crippen MR) is 101 cm³/mol. The molecule has 9 heteroatoms. The zero-order chi connectivity index (χ0) is 18.3. The third-order valence-electron chi connectivity index (χ3n) is 4.45. The van der Waals surface area contributed by atoms with Crippen LogP contribution in [-0.4, -0.2) is 61.5 Å². The number of rotatable bonds is 11. The standard InChI is InChI=1S/C15H30O6Si3/c1-16-22(6,15-11-9-8-10-12-15)13-14-24(19-4,20-5)21-23(7,17-2)18-3/h8-12H,13-14H2,1-7H3. The predicted octanol–water partition coefficient (Wildman–Crippen LogP) is 2.23. The summed E-state index contributed by atoms with van der Waals surface area (Å²) >= 11 is 0. The molecule has 0 spiro atoms. The summed E-state index contributed by atoms with van der Waals surface area (Å²) in [4.78, 5) is 0. The zero-order valence-electron chi connectivity index (χ0n) is 15.8. The molecule has 1 rings (SSSR count). The van der Waals surface area contributed by atoms with Crippen LogP contribution in [0.3, 0.4) is 0 Å². The van der Waals surface area contributed by atoms with E-state index >= 15 is 0 Å². The molecule has 0 aliphatic heterocycles. The second kappa shape index (κ2) is 9.36. The third kappa shape index (κ3) is 5.31. The Morgan fingerprint density at radius 3 is 1.67 bits per heavy atom. The largest absolute Gasteiger partial charge is 0.492 e. The van der Waals surface area contributed by atoms with Crippen molar-refractivity contribution in [2.24, 2.45) is 0 Å². The molecule has 6 nitrogen and oxygen atoms in total. The van der Waals surface area contributed by atoms with Gasteiger partial charge in [0.1, 0.15) is 0 Å². The number of hydrogen-bond donors (Lipinski definition) is 0. The van der Waals surface area contributed by atoms with E-state index in [0.29, 0.717) is 6.04 Å². The molecule has 0 aliphatic rings. The Hall–Kier alpha value is -0.369. The van der Waals surface area contributed by atoms with E-state index in [0.717, 1.165) is 6.04 Å². The van der Waals surface area contributed by atoms with Crippen LogP contribution >= 0.6 is 0 Å². The molecule has 0 aliphatic carbocycles. The average molecular weight is 391 g/mol. The van der Waals surface area contributed by atoms with Gasteiger partial charge in [0.2, 0.25) is 8.32 Å². The SMILES string of the molecule is CO[Si](C)(OC)O[Si](CC[Si](C)(OC)c1ccccc1)(OC)OC. The molecule has 1 aromatic carbocycles. The molecule has 0 saturated heterocycles. The highest BCUT2D eigenvalue weighted by atomic mass is 28.5. The van der Waals surface area contributed by atoms with Crippen LogP contribution in [0, 0.1) is 0 Å². The van der Waals surface area contributed by atoms with E-state index in [9.17, 15) is 0 Å². The summed E-state index contributed by atoms with van der Waals surface area (Å²) in [6.45, 7) is 4.02. The van der Waals surface area contributed by atoms with Gasteiger partial charge in [-0.1, -0.05) is 30.3 Å². The summed E-state index contributed by atoms with van der Waals surface area (Å²) in [6.07, 6.45) is 0. The molecule has 0 aromatic heterocycles. The quantitative estimate of drug-likeness (QED) is 0.540. The fourth-order valence-electron chi connectivity index (χ4n) is 2.42. The van der Waals surface area contributed by atoms with Crippen LogP contribution in [0.5, 0.6) is 0 Å². The first kappa shape index (κ1) is 21.7. The minimum Gasteiger partial charge on any atom is -0.416 e. The molecule has 0 heterocycles. The Balaban J connectivity index is 2.95. The number of benzene rings is 1. The molecule has 0 bridgehead atoms. The maximum absolute atomic E-state index is 6.15. The van der Waals surface area contributed by atoms with Crippen molar-refractivity contribution in [3.05, 3.63) is 30.3 Å². The van der Waals surface area contributed by atoms with Gasteiger partial charge < -0.3 is 26.2 Å². The van der Waals surface area contributed by atoms with Crippen molar-refractivity contribution in [1.29, 1.82) is 0 Å². The summed E-state index contributed by atoms with van der Waals surface area (Å²) < 4.78 is 34.4. The second-order valence-electron chi connectivity index (χ2n) is 5.76. The highest BCUT2D eigenvalue weighted by Crippen LogP contribution is 2.26. The Kier molecular flexibility index (Phi) is 8.45. The summed E-state index contributed by atoms with van der Waals surface area (Å²) in [5.74, 6) is 0. The third-order valence-corrected chi connectivity index (χ3v) is 14.9. The van der Waals surface area contributed by atoms with Gasteiger partial charge in [0.25, 0.3) is 0 Å². The lowest BCUT2D eigenvalue weighted by Crippen LogP contribution is -2.57. The van der Waals surface area contributed by atoms with Gasteiger partial charge in [-0.15, -0.1) is 0 Å². The summed E-state index contributed by atoms with van der Waals surface area (Å²) in [5, 5.41) is 1.24. The first-order valence-electron chi connectivity index (χ1n) is 7.84. The first-order valence-corrected chi connectivity index (χ1v) is 14.6. The molecular formula is C15H30O6Si3. The molecule has 24 heavy (non-hydrogen) atoms. The van der Waals surface area contributed by atoms with Crippen molar-refractivity contribution in [3.8, 4) is 0 Å². The summed E-state index contributed by atoms with van der Waals surface area (Å²) in [6, 6.07) is 11.8. The van der Waals surface area contributed by atoms with Gasteiger partial charge in [-0.3, -0.25) is 0 Å². The van der Waals surface area contributed by atoms with E-state index in [1.54, 1.807) is 35.5 Å². The Morgan fingerprint density at radius 2 is 1.25 bits per heavy atom. The van der Waals surface area contributed by atoms with E-state index in [-0.39, 0.29) is 0 Å². The van der Waals surface area contributed by atoms with Crippen LogP contribution in [0.15, 0.2) is 30.3 Å². The van der Waals surface area contributed by atoms with Crippen LogP contribution in [0.4, 0.5) is 0 Å². The van der Waals surface area contributed by atoms with Crippen molar-refractivity contribution >= 4 is 31.1 Å². The van der Waals surface area contributed by atoms with Crippen molar-refractivity contribution < 1.29 is 26.2 Å². The maximum Gasteiger partial charge on any atom is 0.492 e. The van der Waals surface area contributed by atoms with Gasteiger partial charge in [0.05, 0.1) is 0 Å². The van der Waals surface area contributed by atoms with Crippen LogP contribution in [0.25, 0.3) is 0 Å². The number of hydrogen-bond acceptors (Lipinski definition) is 6. The highest BCUT2D eigenvalue weighted by Gasteiger charge is 2.50. The summed E-state index contributed by atoms with van der Waals surface area (Å²) in [5.41, 5.74) is 0. The zero-order valence-corrected chi connectivity index (χ0v) is 18.8. The second-order valence-corrected chi connectivity index (χ2v) is 15.8. The van der Waals surface area contributed by atoms with Gasteiger partial charge >= 0.3 is 17.6 Å². The molecule has 0 saturated carbocycles. The molecule has 0 N–H and O–H groups in total. The topological polar surface area (TPSA) is 55.4 Å². The molecule has 0 radical (unpaired) electrons. The lowest BCUT2D eigenvalue weighted by Gasteiger charge is -2.35. The summed E-state index contributed by atoms with van der Waals surface area (Å²) in [7, 11) is 0.367. The average Bonchev–Trinajstić information content (AvgIpc) is 2.65. The van der Waals surface area contributed by atoms with Crippen molar-refractivity contribution in [2.75, 3.05) is 35.5 Å². The van der Waals surface area contributed by atoms with Crippen LogP contribution < -0.4 is 5.19 Å². The van der Waals surface area contributed by atoms with Crippen LogP contribution in [-0.2, 0) is 26.2 Å². The van der Waals surface area contributed by atoms with Crippen LogP contribution in [0.1, 0.15) is 0 Å². The molecule has 1 aromatic rings. The minimum absolute atomic E-state index is 0.640. The van der Waals surface area contributed by atoms with E-state index < -0.39 is 25.9 Å². The van der Waals surface area contributed by atoms with E-state index in [2.05, 4.69) is 18.7 Å². The van der Waals surface area contributed by atoms with Crippen molar-refractivity contribution in [1.82, 2.24) is 0 Å². The van der Waals surface area contributed by atoms with Gasteiger partial charge in [0, 0.05) is 48.1 Å². The Labute approximate surface area is 148 Å². The fraction of sp³-hybridized carbons (Fsp3) is 0.600. The van der Waals surface area contributed by atoms with Crippen molar-refractivity contribution in [2.45, 2.75) is 25.2 Å². The molecular weight excluding hydrogens is 360 g/mol. The Bertz CT molecular complexity index is 481. The molecule has 0 fully saturated rings. The van der Waals surface area contributed by atoms with E-state index in [1.807, 2.05) is 24.7 Å². The normalized spacial score (nSPS) is 15.3. The van der Waals surface area contributed by atoms with Gasteiger partial charge in [-0.25, -0.2) is 0 Å². The molecule has 1 atom stereocenters.